The molecule has 1 aromatic carbocycles. The van der Waals surface area contributed by atoms with Gasteiger partial charge in [-0.05, 0) is 61.4 Å². The molecule has 2 saturated heterocycles. The number of benzene rings is 1. The van der Waals surface area contributed by atoms with Crippen LogP contribution in [0.15, 0.2) is 36.5 Å². The lowest BCUT2D eigenvalue weighted by Gasteiger charge is -2.29. The van der Waals surface area contributed by atoms with Crippen LogP contribution in [-0.4, -0.2) is 28.2 Å². The smallest absolute Gasteiger partial charge is 0.225 e. The zero-order valence-corrected chi connectivity index (χ0v) is 17.2. The fourth-order valence-corrected chi connectivity index (χ4v) is 5.62. The van der Waals surface area contributed by atoms with Crippen molar-refractivity contribution in [1.82, 2.24) is 15.3 Å². The van der Waals surface area contributed by atoms with Crippen molar-refractivity contribution in [3.05, 3.63) is 47.1 Å². The van der Waals surface area contributed by atoms with Crippen LogP contribution in [0.4, 0.5) is 0 Å². The summed E-state index contributed by atoms with van der Waals surface area (Å²) in [4.78, 5) is 10.2. The molecule has 2 aromatic heterocycles. The van der Waals surface area contributed by atoms with Crippen LogP contribution in [0.1, 0.15) is 36.3 Å². The highest BCUT2D eigenvalue weighted by molar-refractivity contribution is 7.15. The Balaban J connectivity index is 1.26. The Hall–Kier alpha value is -2.44. The van der Waals surface area contributed by atoms with E-state index in [1.165, 1.54) is 34.4 Å². The third-order valence-corrected chi connectivity index (χ3v) is 7.18. The molecule has 5 heterocycles. The van der Waals surface area contributed by atoms with Gasteiger partial charge in [-0.1, -0.05) is 12.1 Å². The van der Waals surface area contributed by atoms with Gasteiger partial charge in [0.15, 0.2) is 0 Å². The van der Waals surface area contributed by atoms with Crippen LogP contribution in [0.25, 0.3) is 21.6 Å². The Labute approximate surface area is 174 Å². The van der Waals surface area contributed by atoms with E-state index in [1.54, 1.807) is 11.3 Å². The van der Waals surface area contributed by atoms with Crippen molar-refractivity contribution < 1.29 is 9.47 Å². The first-order valence-corrected chi connectivity index (χ1v) is 11.2. The molecule has 3 aromatic rings. The molecule has 6 rings (SSSR count). The first kappa shape index (κ1) is 17.4. The highest BCUT2D eigenvalue weighted by Gasteiger charge is 2.34. The minimum absolute atomic E-state index is 0.251. The molecule has 0 amide bonds. The second-order valence-corrected chi connectivity index (χ2v) is 9.49. The summed E-state index contributed by atoms with van der Waals surface area (Å²) in [7, 11) is 0. The van der Waals surface area contributed by atoms with E-state index in [0.717, 1.165) is 23.4 Å². The van der Waals surface area contributed by atoms with E-state index in [0.29, 0.717) is 30.5 Å². The van der Waals surface area contributed by atoms with Crippen LogP contribution in [-0.2, 0) is 6.61 Å². The molecule has 5 nitrogen and oxygen atoms in total. The molecule has 6 heteroatoms. The molecule has 2 bridgehead atoms. The van der Waals surface area contributed by atoms with Crippen LogP contribution in [0, 0.1) is 6.92 Å². The van der Waals surface area contributed by atoms with Crippen molar-refractivity contribution in [2.75, 3.05) is 0 Å². The number of piperidine rings is 1. The number of fused-ring (bicyclic) bond motifs is 5. The van der Waals surface area contributed by atoms with Gasteiger partial charge in [0.2, 0.25) is 11.8 Å². The summed E-state index contributed by atoms with van der Waals surface area (Å²) in [6.07, 6.45) is 6.87. The molecule has 2 fully saturated rings. The van der Waals surface area contributed by atoms with Gasteiger partial charge in [-0.3, -0.25) is 0 Å². The first-order valence-electron chi connectivity index (χ1n) is 10.3. The summed E-state index contributed by atoms with van der Waals surface area (Å²) >= 11 is 1.71. The number of hydrogen-bond acceptors (Lipinski definition) is 6. The van der Waals surface area contributed by atoms with Crippen LogP contribution in [0.5, 0.6) is 11.8 Å². The van der Waals surface area contributed by atoms with E-state index in [4.69, 9.17) is 9.47 Å². The highest BCUT2D eigenvalue weighted by Crippen LogP contribution is 2.40. The second-order valence-electron chi connectivity index (χ2n) is 8.26. The maximum absolute atomic E-state index is 6.23. The maximum atomic E-state index is 6.23. The number of aryl methyl sites for hydroxylation is 1. The highest BCUT2D eigenvalue weighted by atomic mass is 32.1. The number of rotatable bonds is 3. The van der Waals surface area contributed by atoms with Crippen LogP contribution in [0.3, 0.4) is 0 Å². The van der Waals surface area contributed by atoms with Crippen molar-refractivity contribution in [1.29, 1.82) is 0 Å². The zero-order chi connectivity index (χ0) is 19.4. The Morgan fingerprint density at radius 1 is 1.10 bits per heavy atom. The Kier molecular flexibility index (Phi) is 4.09. The summed E-state index contributed by atoms with van der Waals surface area (Å²) in [5, 5.41) is 4.74. The molecule has 148 valence electrons. The first-order chi connectivity index (χ1) is 14.2. The lowest BCUT2D eigenvalue weighted by molar-refractivity contribution is 0.130. The molecular formula is C23H23N3O2S. The Bertz CT molecular complexity index is 1070. The van der Waals surface area contributed by atoms with Crippen molar-refractivity contribution in [2.45, 2.75) is 57.4 Å². The third kappa shape index (κ3) is 3.20. The van der Waals surface area contributed by atoms with Gasteiger partial charge in [0.1, 0.15) is 12.7 Å². The van der Waals surface area contributed by atoms with E-state index >= 15 is 0 Å². The standard InChI is InChI=1S/C23H23N3O2S/c1-13-24-11-21(29-13)14-2-5-19-15(8-14)12-27-23-20(19)6-7-22(26-23)28-18-9-16-3-4-17(10-18)25-16/h2,5-8,11,16-18,25H,3-4,9-10,12H2,1H3/t16-,17+,18?. The van der Waals surface area contributed by atoms with Gasteiger partial charge in [0, 0.05) is 29.9 Å². The maximum Gasteiger partial charge on any atom is 0.225 e. The normalized spacial score (nSPS) is 24.5. The molecule has 3 aliphatic rings. The lowest BCUT2D eigenvalue weighted by Crippen LogP contribution is -2.42. The van der Waals surface area contributed by atoms with E-state index in [9.17, 15) is 0 Å². The van der Waals surface area contributed by atoms with E-state index in [-0.39, 0.29) is 6.10 Å². The van der Waals surface area contributed by atoms with Gasteiger partial charge in [-0.15, -0.1) is 11.3 Å². The summed E-state index contributed by atoms with van der Waals surface area (Å²) in [6.45, 7) is 2.56. The number of aromatic nitrogens is 2. The summed E-state index contributed by atoms with van der Waals surface area (Å²) < 4.78 is 12.2. The summed E-state index contributed by atoms with van der Waals surface area (Å²) in [6, 6.07) is 11.8. The van der Waals surface area contributed by atoms with Gasteiger partial charge in [0.25, 0.3) is 0 Å². The number of thiazole rings is 1. The zero-order valence-electron chi connectivity index (χ0n) is 16.4. The second kappa shape index (κ2) is 6.82. The lowest BCUT2D eigenvalue weighted by atomic mass is 9.96. The molecule has 1 N–H and O–H groups in total. The quantitative estimate of drug-likeness (QED) is 0.682. The topological polar surface area (TPSA) is 56.3 Å². The average Bonchev–Trinajstić information content (AvgIpc) is 3.32. The minimum atomic E-state index is 0.251. The summed E-state index contributed by atoms with van der Waals surface area (Å²) in [5.41, 5.74) is 4.60. The van der Waals surface area contributed by atoms with Gasteiger partial charge >= 0.3 is 0 Å². The van der Waals surface area contributed by atoms with Crippen molar-refractivity contribution >= 4 is 11.3 Å². The van der Waals surface area contributed by atoms with Crippen LogP contribution in [0.2, 0.25) is 0 Å². The fourth-order valence-electron chi connectivity index (χ4n) is 4.85. The van der Waals surface area contributed by atoms with Crippen LogP contribution < -0.4 is 14.8 Å². The third-order valence-electron chi connectivity index (χ3n) is 6.22. The molecule has 0 aliphatic carbocycles. The van der Waals surface area contributed by atoms with Gasteiger partial charge in [-0.2, -0.15) is 4.98 Å². The molecule has 0 saturated carbocycles. The van der Waals surface area contributed by atoms with E-state index in [2.05, 4.69) is 39.6 Å². The number of pyridine rings is 1. The molecule has 3 atom stereocenters. The molecule has 0 spiro atoms. The summed E-state index contributed by atoms with van der Waals surface area (Å²) in [5.74, 6) is 1.35. The number of nitrogens with zero attached hydrogens (tertiary/aromatic N) is 2. The fraction of sp³-hybridized carbons (Fsp3) is 0.391. The number of ether oxygens (including phenoxy) is 2. The number of nitrogens with one attached hydrogen (secondary N) is 1. The van der Waals surface area contributed by atoms with E-state index < -0.39 is 0 Å². The van der Waals surface area contributed by atoms with Gasteiger partial charge < -0.3 is 14.8 Å². The molecule has 29 heavy (non-hydrogen) atoms. The van der Waals surface area contributed by atoms with Crippen molar-refractivity contribution in [3.63, 3.8) is 0 Å². The molecule has 1 unspecified atom stereocenters. The Morgan fingerprint density at radius 2 is 1.93 bits per heavy atom. The van der Waals surface area contributed by atoms with Gasteiger partial charge in [-0.25, -0.2) is 4.98 Å². The predicted molar refractivity (Wildman–Crippen MR) is 113 cm³/mol. The monoisotopic (exact) mass is 405 g/mol. The largest absolute Gasteiger partial charge is 0.474 e. The van der Waals surface area contributed by atoms with Crippen molar-refractivity contribution in [3.8, 4) is 33.3 Å². The van der Waals surface area contributed by atoms with Crippen LogP contribution >= 0.6 is 11.3 Å². The van der Waals surface area contributed by atoms with Crippen molar-refractivity contribution in [2.24, 2.45) is 0 Å². The SMILES string of the molecule is Cc1ncc(-c2ccc3c(c2)COc2nc(OC4C[C@H]5CC[C@@H](C4)N5)ccc2-3)s1. The number of hydrogen-bond donors (Lipinski definition) is 1. The minimum Gasteiger partial charge on any atom is -0.474 e. The van der Waals surface area contributed by atoms with E-state index in [1.807, 2.05) is 19.2 Å². The Morgan fingerprint density at radius 3 is 2.72 bits per heavy atom. The van der Waals surface area contributed by atoms with Gasteiger partial charge in [0.05, 0.1) is 9.88 Å². The predicted octanol–water partition coefficient (Wildman–Crippen LogP) is 4.73. The molecule has 0 radical (unpaired) electrons. The molecular weight excluding hydrogens is 382 g/mol. The molecule has 3 aliphatic heterocycles. The average molecular weight is 406 g/mol.